The van der Waals surface area contributed by atoms with Crippen LogP contribution in [-0.2, 0) is 5.41 Å². The quantitative estimate of drug-likeness (QED) is 0.759. The van der Waals surface area contributed by atoms with Crippen molar-refractivity contribution < 1.29 is 4.74 Å². The van der Waals surface area contributed by atoms with E-state index in [1.54, 1.807) is 0 Å². The van der Waals surface area contributed by atoms with Crippen LogP contribution in [0.15, 0.2) is 42.5 Å². The highest BCUT2D eigenvalue weighted by atomic mass is 35.5. The zero-order valence-corrected chi connectivity index (χ0v) is 13.9. The second-order valence-corrected chi connectivity index (χ2v) is 6.16. The van der Waals surface area contributed by atoms with Gasteiger partial charge in [0.15, 0.2) is 0 Å². The summed E-state index contributed by atoms with van der Waals surface area (Å²) in [5, 5.41) is 10.3. The lowest BCUT2D eigenvalue weighted by atomic mass is 9.81. The molecule has 2 nitrogen and oxygen atoms in total. The fourth-order valence-electron chi connectivity index (χ4n) is 2.43. The molecule has 0 saturated heterocycles. The van der Waals surface area contributed by atoms with Gasteiger partial charge in [0.05, 0.1) is 18.1 Å². The van der Waals surface area contributed by atoms with Crippen molar-refractivity contribution in [2.75, 3.05) is 6.61 Å². The number of hydrogen-bond acceptors (Lipinski definition) is 2. The molecule has 0 heterocycles. The first-order chi connectivity index (χ1) is 10.5. The van der Waals surface area contributed by atoms with Crippen molar-refractivity contribution in [3.05, 3.63) is 64.2 Å². The maximum absolute atomic E-state index is 9.54. The van der Waals surface area contributed by atoms with Gasteiger partial charge in [0.25, 0.3) is 0 Å². The van der Waals surface area contributed by atoms with Crippen LogP contribution in [0.2, 0.25) is 5.02 Å². The van der Waals surface area contributed by atoms with Crippen LogP contribution in [0.3, 0.4) is 0 Å². The molecule has 2 rings (SSSR count). The third-order valence-electron chi connectivity index (χ3n) is 3.94. The first kappa shape index (κ1) is 16.4. The molecule has 0 aliphatic carbocycles. The van der Waals surface area contributed by atoms with E-state index in [9.17, 15) is 5.26 Å². The van der Waals surface area contributed by atoms with Crippen molar-refractivity contribution in [1.29, 1.82) is 5.26 Å². The van der Waals surface area contributed by atoms with E-state index in [2.05, 4.69) is 6.07 Å². The normalized spacial score (nSPS) is 13.2. The number of aryl methyl sites for hydroxylation is 2. The van der Waals surface area contributed by atoms with Gasteiger partial charge in [0.2, 0.25) is 0 Å². The van der Waals surface area contributed by atoms with E-state index in [-0.39, 0.29) is 0 Å². The molecule has 1 unspecified atom stereocenters. The standard InChI is InChI=1S/C19H20ClNO/c1-14-11-17(12-15(2)18(14)20)22-10-9-19(3,13-21)16-7-5-4-6-8-16/h4-8,11-12H,9-10H2,1-3H3. The molecule has 0 aromatic heterocycles. The smallest absolute Gasteiger partial charge is 0.119 e. The lowest BCUT2D eigenvalue weighted by Crippen LogP contribution is -2.22. The predicted octanol–water partition coefficient (Wildman–Crippen LogP) is 5.21. The van der Waals surface area contributed by atoms with E-state index in [0.717, 1.165) is 27.5 Å². The average molecular weight is 314 g/mol. The molecule has 0 fully saturated rings. The Morgan fingerprint density at radius 1 is 1.14 bits per heavy atom. The SMILES string of the molecule is Cc1cc(OCCC(C)(C#N)c2ccccc2)cc(C)c1Cl. The Morgan fingerprint density at radius 2 is 1.73 bits per heavy atom. The van der Waals surface area contributed by atoms with Gasteiger partial charge in [0.1, 0.15) is 5.75 Å². The summed E-state index contributed by atoms with van der Waals surface area (Å²) < 4.78 is 5.83. The summed E-state index contributed by atoms with van der Waals surface area (Å²) in [4.78, 5) is 0. The van der Waals surface area contributed by atoms with Gasteiger partial charge < -0.3 is 4.74 Å². The van der Waals surface area contributed by atoms with E-state index in [1.165, 1.54) is 0 Å². The molecule has 0 N–H and O–H groups in total. The van der Waals surface area contributed by atoms with Crippen LogP contribution in [-0.4, -0.2) is 6.61 Å². The Morgan fingerprint density at radius 3 is 2.27 bits per heavy atom. The molecular formula is C19H20ClNO. The molecule has 114 valence electrons. The van der Waals surface area contributed by atoms with Crippen LogP contribution in [0.1, 0.15) is 30.0 Å². The molecule has 3 heteroatoms. The van der Waals surface area contributed by atoms with Crippen LogP contribution in [0, 0.1) is 25.2 Å². The van der Waals surface area contributed by atoms with Crippen molar-refractivity contribution in [3.63, 3.8) is 0 Å². The molecule has 0 radical (unpaired) electrons. The minimum Gasteiger partial charge on any atom is -0.494 e. The number of benzene rings is 2. The molecule has 0 saturated carbocycles. The van der Waals surface area contributed by atoms with Crippen LogP contribution < -0.4 is 4.74 Å². The van der Waals surface area contributed by atoms with Gasteiger partial charge in [-0.1, -0.05) is 41.9 Å². The lowest BCUT2D eigenvalue weighted by molar-refractivity contribution is 0.285. The van der Waals surface area contributed by atoms with E-state index >= 15 is 0 Å². The fourth-order valence-corrected chi connectivity index (χ4v) is 2.54. The molecule has 2 aromatic rings. The molecular weight excluding hydrogens is 294 g/mol. The van der Waals surface area contributed by atoms with Gasteiger partial charge in [-0.05, 0) is 49.6 Å². The summed E-state index contributed by atoms with van der Waals surface area (Å²) >= 11 is 6.16. The highest BCUT2D eigenvalue weighted by Gasteiger charge is 2.26. The Labute approximate surface area is 137 Å². The Kier molecular flexibility index (Phi) is 5.11. The van der Waals surface area contributed by atoms with Crippen molar-refractivity contribution in [1.82, 2.24) is 0 Å². The minimum absolute atomic E-state index is 0.486. The van der Waals surface area contributed by atoms with Crippen molar-refractivity contribution in [2.45, 2.75) is 32.6 Å². The third-order valence-corrected chi connectivity index (χ3v) is 4.53. The van der Waals surface area contributed by atoms with Crippen LogP contribution in [0.4, 0.5) is 0 Å². The molecule has 2 aromatic carbocycles. The number of nitrogens with zero attached hydrogens (tertiary/aromatic N) is 1. The van der Waals surface area contributed by atoms with E-state index in [0.29, 0.717) is 13.0 Å². The minimum atomic E-state index is -0.544. The van der Waals surface area contributed by atoms with Gasteiger partial charge in [-0.15, -0.1) is 0 Å². The number of halogens is 1. The van der Waals surface area contributed by atoms with E-state index in [4.69, 9.17) is 16.3 Å². The van der Waals surface area contributed by atoms with Crippen LogP contribution in [0.5, 0.6) is 5.75 Å². The van der Waals surface area contributed by atoms with Crippen molar-refractivity contribution in [3.8, 4) is 11.8 Å². The lowest BCUT2D eigenvalue weighted by Gasteiger charge is -2.22. The summed E-state index contributed by atoms with van der Waals surface area (Å²) in [7, 11) is 0. The molecule has 0 aliphatic rings. The second-order valence-electron chi connectivity index (χ2n) is 5.78. The third kappa shape index (κ3) is 3.61. The summed E-state index contributed by atoms with van der Waals surface area (Å²) in [5.74, 6) is 0.799. The van der Waals surface area contributed by atoms with E-state index in [1.807, 2.05) is 63.2 Å². The van der Waals surface area contributed by atoms with Gasteiger partial charge in [-0.2, -0.15) is 5.26 Å². The number of hydrogen-bond donors (Lipinski definition) is 0. The molecule has 0 aliphatic heterocycles. The highest BCUT2D eigenvalue weighted by Crippen LogP contribution is 2.29. The van der Waals surface area contributed by atoms with Gasteiger partial charge >= 0.3 is 0 Å². The Bertz CT molecular complexity index is 667. The monoisotopic (exact) mass is 313 g/mol. The summed E-state index contributed by atoms with van der Waals surface area (Å²) in [6.45, 7) is 6.36. The molecule has 0 bridgehead atoms. The fraction of sp³-hybridized carbons (Fsp3) is 0.316. The van der Waals surface area contributed by atoms with Crippen LogP contribution in [0.25, 0.3) is 0 Å². The highest BCUT2D eigenvalue weighted by molar-refractivity contribution is 6.32. The largest absolute Gasteiger partial charge is 0.494 e. The number of ether oxygens (including phenoxy) is 1. The summed E-state index contributed by atoms with van der Waals surface area (Å²) in [5.41, 5.74) is 2.48. The summed E-state index contributed by atoms with van der Waals surface area (Å²) in [6, 6.07) is 16.1. The van der Waals surface area contributed by atoms with Gasteiger partial charge in [-0.25, -0.2) is 0 Å². The van der Waals surface area contributed by atoms with Crippen molar-refractivity contribution in [2.24, 2.45) is 0 Å². The zero-order chi connectivity index (χ0) is 16.2. The Balaban J connectivity index is 2.05. The molecule has 1 atom stereocenters. The predicted molar refractivity (Wildman–Crippen MR) is 90.4 cm³/mol. The average Bonchev–Trinajstić information content (AvgIpc) is 2.53. The second kappa shape index (κ2) is 6.85. The van der Waals surface area contributed by atoms with Gasteiger partial charge in [0, 0.05) is 11.4 Å². The summed E-state index contributed by atoms with van der Waals surface area (Å²) in [6.07, 6.45) is 0.633. The Hall–Kier alpha value is -1.98. The maximum Gasteiger partial charge on any atom is 0.119 e. The number of rotatable bonds is 5. The first-order valence-corrected chi connectivity index (χ1v) is 7.70. The number of nitriles is 1. The van der Waals surface area contributed by atoms with E-state index < -0.39 is 5.41 Å². The molecule has 0 amide bonds. The topological polar surface area (TPSA) is 33.0 Å². The zero-order valence-electron chi connectivity index (χ0n) is 13.2. The first-order valence-electron chi connectivity index (χ1n) is 7.32. The van der Waals surface area contributed by atoms with Crippen LogP contribution >= 0.6 is 11.6 Å². The molecule has 0 spiro atoms. The maximum atomic E-state index is 9.54. The molecule has 22 heavy (non-hydrogen) atoms. The van der Waals surface area contributed by atoms with Gasteiger partial charge in [-0.3, -0.25) is 0 Å². The van der Waals surface area contributed by atoms with Crippen molar-refractivity contribution >= 4 is 11.6 Å².